The lowest BCUT2D eigenvalue weighted by Gasteiger charge is -2.09. The van der Waals surface area contributed by atoms with Gasteiger partial charge in [-0.05, 0) is 30.2 Å². The molecule has 0 bridgehead atoms. The molecule has 0 amide bonds. The smallest absolute Gasteiger partial charge is 0.399 e. The van der Waals surface area contributed by atoms with E-state index in [9.17, 15) is 13.2 Å². The maximum absolute atomic E-state index is 12.2. The zero-order chi connectivity index (χ0) is 10.1. The summed E-state index contributed by atoms with van der Waals surface area (Å²) in [6.45, 7) is 1.79. The van der Waals surface area contributed by atoms with Gasteiger partial charge < -0.3 is 5.73 Å². The molecule has 0 fully saturated rings. The summed E-state index contributed by atoms with van der Waals surface area (Å²) in [4.78, 5) is 0. The van der Waals surface area contributed by atoms with Gasteiger partial charge in [0, 0.05) is 5.69 Å². The van der Waals surface area contributed by atoms with Crippen LogP contribution in [0.1, 0.15) is 18.1 Å². The Balaban J connectivity index is 3.16. The molecule has 1 nitrogen and oxygen atoms in total. The maximum atomic E-state index is 12.2. The molecular weight excluding hydrogens is 179 g/mol. The number of halogens is 3. The number of anilines is 1. The number of hydrogen-bond donors (Lipinski definition) is 1. The molecule has 0 unspecified atom stereocenters. The topological polar surface area (TPSA) is 26.0 Å². The monoisotopic (exact) mass is 189 g/mol. The highest BCUT2D eigenvalue weighted by atomic mass is 19.4. The highest BCUT2D eigenvalue weighted by Gasteiger charge is 2.30. The van der Waals surface area contributed by atoms with Gasteiger partial charge >= 0.3 is 6.18 Å². The Bertz CT molecular complexity index is 304. The van der Waals surface area contributed by atoms with E-state index in [1.807, 2.05) is 0 Å². The summed E-state index contributed by atoms with van der Waals surface area (Å²) >= 11 is 0. The SMILES string of the molecule is CCc1cc(N)cc(C(F)(F)F)c1. The third kappa shape index (κ3) is 2.37. The zero-order valence-electron chi connectivity index (χ0n) is 7.15. The van der Waals surface area contributed by atoms with Crippen LogP contribution in [0.15, 0.2) is 18.2 Å². The minimum Gasteiger partial charge on any atom is -0.399 e. The molecule has 1 rings (SSSR count). The third-order valence-corrected chi connectivity index (χ3v) is 1.75. The number of benzene rings is 1. The van der Waals surface area contributed by atoms with Crippen molar-refractivity contribution in [3.05, 3.63) is 29.3 Å². The van der Waals surface area contributed by atoms with Gasteiger partial charge in [-0.3, -0.25) is 0 Å². The molecule has 0 aliphatic heterocycles. The molecule has 0 aromatic heterocycles. The predicted octanol–water partition coefficient (Wildman–Crippen LogP) is 2.85. The fraction of sp³-hybridized carbons (Fsp3) is 0.333. The summed E-state index contributed by atoms with van der Waals surface area (Å²) in [7, 11) is 0. The summed E-state index contributed by atoms with van der Waals surface area (Å²) < 4.78 is 36.7. The molecule has 0 aliphatic rings. The van der Waals surface area contributed by atoms with Gasteiger partial charge in [0.2, 0.25) is 0 Å². The van der Waals surface area contributed by atoms with Crippen LogP contribution < -0.4 is 5.73 Å². The molecule has 0 atom stereocenters. The molecule has 2 N–H and O–H groups in total. The lowest BCUT2D eigenvalue weighted by atomic mass is 10.1. The van der Waals surface area contributed by atoms with Gasteiger partial charge in [0.05, 0.1) is 5.56 Å². The minimum absolute atomic E-state index is 0.159. The van der Waals surface area contributed by atoms with Gasteiger partial charge in [0.25, 0.3) is 0 Å². The van der Waals surface area contributed by atoms with Crippen molar-refractivity contribution in [3.63, 3.8) is 0 Å². The van der Waals surface area contributed by atoms with E-state index in [2.05, 4.69) is 0 Å². The van der Waals surface area contributed by atoms with Crippen LogP contribution in [0, 0.1) is 0 Å². The van der Waals surface area contributed by atoms with E-state index >= 15 is 0 Å². The molecule has 0 spiro atoms. The summed E-state index contributed by atoms with van der Waals surface area (Å²) in [5.74, 6) is 0. The van der Waals surface area contributed by atoms with Crippen LogP contribution in [0.5, 0.6) is 0 Å². The second-order valence-corrected chi connectivity index (χ2v) is 2.81. The van der Waals surface area contributed by atoms with Crippen LogP contribution in [-0.4, -0.2) is 0 Å². The molecular formula is C9H10F3N. The van der Waals surface area contributed by atoms with Gasteiger partial charge in [-0.25, -0.2) is 0 Å². The Morgan fingerprint density at radius 1 is 1.23 bits per heavy atom. The molecule has 1 aromatic carbocycles. The average Bonchev–Trinajstić information content (AvgIpc) is 2.01. The first kappa shape index (κ1) is 9.89. The van der Waals surface area contributed by atoms with Gasteiger partial charge in [0.1, 0.15) is 0 Å². The number of aryl methyl sites for hydroxylation is 1. The Labute approximate surface area is 74.4 Å². The van der Waals surface area contributed by atoms with Gasteiger partial charge in [-0.1, -0.05) is 6.92 Å². The first-order valence-corrected chi connectivity index (χ1v) is 3.90. The quantitative estimate of drug-likeness (QED) is 0.675. The second-order valence-electron chi connectivity index (χ2n) is 2.81. The summed E-state index contributed by atoms with van der Waals surface area (Å²) in [5.41, 5.74) is 5.42. The molecule has 4 heteroatoms. The van der Waals surface area contributed by atoms with E-state index in [1.54, 1.807) is 13.0 Å². The predicted molar refractivity (Wildman–Crippen MR) is 45.2 cm³/mol. The summed E-state index contributed by atoms with van der Waals surface area (Å²) in [6.07, 6.45) is -3.76. The molecule has 0 saturated heterocycles. The molecule has 0 saturated carbocycles. The van der Waals surface area contributed by atoms with Crippen molar-refractivity contribution in [1.29, 1.82) is 0 Å². The highest BCUT2D eigenvalue weighted by Crippen LogP contribution is 2.31. The van der Waals surface area contributed by atoms with Crippen molar-refractivity contribution in [2.45, 2.75) is 19.5 Å². The number of nitrogen functional groups attached to an aromatic ring is 1. The first-order chi connectivity index (χ1) is 5.93. The van der Waals surface area contributed by atoms with Crippen LogP contribution in [0.2, 0.25) is 0 Å². The van der Waals surface area contributed by atoms with E-state index in [1.165, 1.54) is 0 Å². The van der Waals surface area contributed by atoms with E-state index in [4.69, 9.17) is 5.73 Å². The van der Waals surface area contributed by atoms with Gasteiger partial charge in [0.15, 0.2) is 0 Å². The van der Waals surface area contributed by atoms with Crippen LogP contribution in [0.25, 0.3) is 0 Å². The molecule has 0 heterocycles. The van der Waals surface area contributed by atoms with E-state index in [0.29, 0.717) is 12.0 Å². The Kier molecular flexibility index (Phi) is 2.50. The van der Waals surface area contributed by atoms with Crippen molar-refractivity contribution >= 4 is 5.69 Å². The second kappa shape index (κ2) is 3.28. The zero-order valence-corrected chi connectivity index (χ0v) is 7.15. The Morgan fingerprint density at radius 3 is 2.31 bits per heavy atom. The molecule has 0 aliphatic carbocycles. The third-order valence-electron chi connectivity index (χ3n) is 1.75. The van der Waals surface area contributed by atoms with Crippen molar-refractivity contribution in [2.75, 3.05) is 5.73 Å². The number of alkyl halides is 3. The van der Waals surface area contributed by atoms with Crippen molar-refractivity contribution < 1.29 is 13.2 Å². The van der Waals surface area contributed by atoms with Crippen LogP contribution in [0.4, 0.5) is 18.9 Å². The minimum atomic E-state index is -4.31. The highest BCUT2D eigenvalue weighted by molar-refractivity contribution is 5.45. The van der Waals surface area contributed by atoms with Crippen LogP contribution >= 0.6 is 0 Å². The van der Waals surface area contributed by atoms with Gasteiger partial charge in [-0.2, -0.15) is 13.2 Å². The van der Waals surface area contributed by atoms with Crippen LogP contribution in [-0.2, 0) is 12.6 Å². The number of nitrogens with two attached hydrogens (primary N) is 1. The van der Waals surface area contributed by atoms with E-state index in [-0.39, 0.29) is 5.69 Å². The molecule has 1 aromatic rings. The van der Waals surface area contributed by atoms with Crippen molar-refractivity contribution in [3.8, 4) is 0 Å². The van der Waals surface area contributed by atoms with Crippen molar-refractivity contribution in [1.82, 2.24) is 0 Å². The van der Waals surface area contributed by atoms with Crippen LogP contribution in [0.3, 0.4) is 0 Å². The Morgan fingerprint density at radius 2 is 1.85 bits per heavy atom. The number of rotatable bonds is 1. The molecule has 72 valence electrons. The van der Waals surface area contributed by atoms with E-state index < -0.39 is 11.7 Å². The average molecular weight is 189 g/mol. The molecule has 13 heavy (non-hydrogen) atoms. The Hall–Kier alpha value is -1.19. The standard InChI is InChI=1S/C9H10F3N/c1-2-6-3-7(9(10,11)12)5-8(13)4-6/h3-5H,2,13H2,1H3. The lowest BCUT2D eigenvalue weighted by molar-refractivity contribution is -0.137. The van der Waals surface area contributed by atoms with E-state index in [0.717, 1.165) is 12.1 Å². The van der Waals surface area contributed by atoms with Gasteiger partial charge in [-0.15, -0.1) is 0 Å². The summed E-state index contributed by atoms with van der Waals surface area (Å²) in [5, 5.41) is 0. The van der Waals surface area contributed by atoms with Crippen molar-refractivity contribution in [2.24, 2.45) is 0 Å². The molecule has 0 radical (unpaired) electrons. The maximum Gasteiger partial charge on any atom is 0.416 e. The summed E-state index contributed by atoms with van der Waals surface area (Å²) in [6, 6.07) is 3.62. The first-order valence-electron chi connectivity index (χ1n) is 3.90. The fourth-order valence-electron chi connectivity index (χ4n) is 1.09. The lowest BCUT2D eigenvalue weighted by Crippen LogP contribution is -2.06. The largest absolute Gasteiger partial charge is 0.416 e. The number of hydrogen-bond acceptors (Lipinski definition) is 1. The fourth-order valence-corrected chi connectivity index (χ4v) is 1.09. The normalized spacial score (nSPS) is 11.7.